The van der Waals surface area contributed by atoms with Crippen LogP contribution in [0.3, 0.4) is 0 Å². The summed E-state index contributed by atoms with van der Waals surface area (Å²) in [4.78, 5) is 0. The minimum atomic E-state index is 0.00674. The summed E-state index contributed by atoms with van der Waals surface area (Å²) in [5.41, 5.74) is 15.6. The third kappa shape index (κ3) is 4.82. The fourth-order valence-electron chi connectivity index (χ4n) is 9.28. The number of furan rings is 3. The lowest BCUT2D eigenvalue weighted by Crippen LogP contribution is -2.16. The van der Waals surface area contributed by atoms with E-state index in [1.54, 1.807) is 0 Å². The summed E-state index contributed by atoms with van der Waals surface area (Å²) in [5.74, 6) is 1.11. The van der Waals surface area contributed by atoms with Crippen LogP contribution in [0.2, 0.25) is 0 Å². The van der Waals surface area contributed by atoms with Gasteiger partial charge in [0, 0.05) is 49.9 Å². The number of benzene rings is 8. The number of fused-ring (bicyclic) bond motifs is 12. The maximum Gasteiger partial charge on any atom is 0.139 e. The van der Waals surface area contributed by atoms with Crippen molar-refractivity contribution in [3.63, 3.8) is 0 Å². The van der Waals surface area contributed by atoms with Crippen LogP contribution in [0.15, 0.2) is 195 Å². The number of ether oxygens (including phenoxy) is 1. The molecule has 0 radical (unpaired) electrons. The van der Waals surface area contributed by atoms with Gasteiger partial charge < -0.3 is 18.0 Å². The summed E-state index contributed by atoms with van der Waals surface area (Å²) >= 11 is 0. The Morgan fingerprint density at radius 1 is 0.345 bits per heavy atom. The second kappa shape index (κ2) is 12.0. The zero-order chi connectivity index (χ0) is 37.9. The van der Waals surface area contributed by atoms with Gasteiger partial charge in [0.05, 0.1) is 0 Å². The third-order valence-corrected chi connectivity index (χ3v) is 12.2. The Morgan fingerprint density at radius 2 is 0.793 bits per heavy atom. The Bertz CT molecular complexity index is 3540. The molecular formula is C54H32O4. The predicted octanol–water partition coefficient (Wildman–Crippen LogP) is 14.9. The van der Waals surface area contributed by atoms with Crippen molar-refractivity contribution in [3.05, 3.63) is 193 Å². The summed E-state index contributed by atoms with van der Waals surface area (Å²) in [5, 5.41) is 6.49. The molecule has 4 heteroatoms. The predicted molar refractivity (Wildman–Crippen MR) is 235 cm³/mol. The van der Waals surface area contributed by atoms with Crippen LogP contribution >= 0.6 is 0 Å². The first kappa shape index (κ1) is 31.6. The van der Waals surface area contributed by atoms with E-state index >= 15 is 0 Å². The van der Waals surface area contributed by atoms with Crippen LogP contribution in [-0.4, -0.2) is 6.10 Å². The minimum Gasteiger partial charge on any atom is -0.485 e. The first-order valence-corrected chi connectivity index (χ1v) is 19.8. The van der Waals surface area contributed by atoms with E-state index in [1.807, 2.05) is 12.1 Å². The molecule has 58 heavy (non-hydrogen) atoms. The van der Waals surface area contributed by atoms with Crippen molar-refractivity contribution in [2.45, 2.75) is 12.0 Å². The molecule has 3 aromatic heterocycles. The van der Waals surface area contributed by atoms with E-state index in [0.717, 1.165) is 93.8 Å². The zero-order valence-electron chi connectivity index (χ0n) is 31.1. The van der Waals surface area contributed by atoms with Crippen LogP contribution in [0.1, 0.15) is 17.0 Å². The monoisotopic (exact) mass is 744 g/mol. The Hall–Kier alpha value is -7.56. The Balaban J connectivity index is 0.888. The smallest absolute Gasteiger partial charge is 0.139 e. The number of rotatable bonds is 4. The second-order valence-corrected chi connectivity index (χ2v) is 15.6. The fraction of sp³-hybridized carbons (Fsp3) is 0.0370. The topological polar surface area (TPSA) is 48.7 Å². The van der Waals surface area contributed by atoms with Gasteiger partial charge in [0.25, 0.3) is 0 Å². The van der Waals surface area contributed by atoms with Gasteiger partial charge in [-0.15, -0.1) is 0 Å². The standard InChI is InChI=1S/C54H32O4/c1-3-7-31(8-4-1)33-11-17-47-39(23-33)41-25-35(13-19-49(41)55-47)37-15-21-51-43(27-37)45-29-46-44-28-38(16-22-52(44)58-54(46)30-53(45)57-51)36-14-20-50-42(26-36)40-24-34(12-18-48(40)56-50)32-9-5-2-6-10-32/h1-30,39,47H. The average Bonchev–Trinajstić information content (AvgIpc) is 4.04. The number of hydrogen-bond acceptors (Lipinski definition) is 4. The molecule has 2 unspecified atom stereocenters. The van der Waals surface area contributed by atoms with Gasteiger partial charge in [-0.2, -0.15) is 0 Å². The van der Waals surface area contributed by atoms with Crippen molar-refractivity contribution < 1.29 is 18.0 Å². The van der Waals surface area contributed by atoms with E-state index in [-0.39, 0.29) is 12.0 Å². The molecule has 4 nitrogen and oxygen atoms in total. The van der Waals surface area contributed by atoms with Gasteiger partial charge >= 0.3 is 0 Å². The lowest BCUT2D eigenvalue weighted by atomic mass is 9.86. The molecule has 1 aliphatic heterocycles. The first-order valence-electron chi connectivity index (χ1n) is 19.8. The lowest BCUT2D eigenvalue weighted by Gasteiger charge is -2.18. The highest BCUT2D eigenvalue weighted by molar-refractivity contribution is 6.16. The van der Waals surface area contributed by atoms with E-state index < -0.39 is 0 Å². The van der Waals surface area contributed by atoms with E-state index in [1.165, 1.54) is 27.8 Å². The molecule has 11 aromatic rings. The average molecular weight is 745 g/mol. The molecule has 0 fully saturated rings. The molecule has 0 amide bonds. The van der Waals surface area contributed by atoms with E-state index in [4.69, 9.17) is 18.0 Å². The summed E-state index contributed by atoms with van der Waals surface area (Å²) in [6.07, 6.45) is 6.74. The van der Waals surface area contributed by atoms with Crippen LogP contribution in [0.4, 0.5) is 0 Å². The summed E-state index contributed by atoms with van der Waals surface area (Å²) < 4.78 is 25.6. The van der Waals surface area contributed by atoms with Crippen molar-refractivity contribution in [2.75, 3.05) is 0 Å². The molecule has 13 rings (SSSR count). The highest BCUT2D eigenvalue weighted by Crippen LogP contribution is 2.46. The SMILES string of the molecule is C1=CC2Oc3ccc(-c4ccc5oc6cc7oc8ccc(-c9ccc%10oc%11ccc(-c%12ccccc%12)cc%11c%10c9)cc8c7cc6c5c4)cc3C2C=C1c1ccccc1. The molecule has 0 saturated heterocycles. The van der Waals surface area contributed by atoms with E-state index in [0.29, 0.717) is 0 Å². The number of hydrogen-bond donors (Lipinski definition) is 0. The van der Waals surface area contributed by atoms with Gasteiger partial charge in [0.1, 0.15) is 45.4 Å². The summed E-state index contributed by atoms with van der Waals surface area (Å²) in [6.45, 7) is 0. The lowest BCUT2D eigenvalue weighted by molar-refractivity contribution is 0.269. The summed E-state index contributed by atoms with van der Waals surface area (Å²) in [6, 6.07) is 57.8. The minimum absolute atomic E-state index is 0.00674. The third-order valence-electron chi connectivity index (χ3n) is 12.2. The maximum absolute atomic E-state index is 6.44. The second-order valence-electron chi connectivity index (χ2n) is 15.6. The molecule has 0 spiro atoms. The van der Waals surface area contributed by atoms with Crippen molar-refractivity contribution in [1.82, 2.24) is 0 Å². The largest absolute Gasteiger partial charge is 0.485 e. The van der Waals surface area contributed by atoms with Gasteiger partial charge in [-0.1, -0.05) is 103 Å². The van der Waals surface area contributed by atoms with Gasteiger partial charge in [-0.25, -0.2) is 0 Å². The van der Waals surface area contributed by atoms with Crippen LogP contribution in [0, 0.1) is 0 Å². The van der Waals surface area contributed by atoms with Gasteiger partial charge in [0.2, 0.25) is 0 Å². The maximum atomic E-state index is 6.44. The summed E-state index contributed by atoms with van der Waals surface area (Å²) in [7, 11) is 0. The van der Waals surface area contributed by atoms with Crippen LogP contribution in [-0.2, 0) is 0 Å². The van der Waals surface area contributed by atoms with Crippen LogP contribution < -0.4 is 4.74 Å². The van der Waals surface area contributed by atoms with Crippen molar-refractivity contribution >= 4 is 71.4 Å². The highest BCUT2D eigenvalue weighted by Gasteiger charge is 2.34. The van der Waals surface area contributed by atoms with Gasteiger partial charge in [0.15, 0.2) is 0 Å². The Morgan fingerprint density at radius 3 is 1.34 bits per heavy atom. The Kier molecular flexibility index (Phi) is 6.53. The fourth-order valence-corrected chi connectivity index (χ4v) is 9.28. The molecule has 4 heterocycles. The van der Waals surface area contributed by atoms with E-state index in [9.17, 15) is 0 Å². The Labute approximate surface area is 332 Å². The first-order chi connectivity index (χ1) is 28.7. The molecule has 0 N–H and O–H groups in total. The van der Waals surface area contributed by atoms with Gasteiger partial charge in [-0.3, -0.25) is 0 Å². The molecule has 1 aliphatic carbocycles. The molecule has 272 valence electrons. The quantitative estimate of drug-likeness (QED) is 0.180. The van der Waals surface area contributed by atoms with Crippen molar-refractivity contribution in [3.8, 4) is 39.1 Å². The van der Waals surface area contributed by atoms with Crippen molar-refractivity contribution in [1.29, 1.82) is 0 Å². The van der Waals surface area contributed by atoms with Crippen LogP contribution in [0.5, 0.6) is 5.75 Å². The molecule has 2 atom stereocenters. The zero-order valence-corrected chi connectivity index (χ0v) is 31.1. The molecule has 0 bridgehead atoms. The normalized spacial score (nSPS) is 16.1. The highest BCUT2D eigenvalue weighted by atomic mass is 16.5. The molecule has 2 aliphatic rings. The molecule has 8 aromatic carbocycles. The molecule has 0 saturated carbocycles. The number of allylic oxidation sites excluding steroid dienone is 2. The van der Waals surface area contributed by atoms with Gasteiger partial charge in [-0.05, 0) is 117 Å². The molecular weight excluding hydrogens is 713 g/mol. The van der Waals surface area contributed by atoms with E-state index in [2.05, 4.69) is 170 Å². The van der Waals surface area contributed by atoms with Crippen molar-refractivity contribution in [2.24, 2.45) is 0 Å². The van der Waals surface area contributed by atoms with Crippen LogP contribution in [0.25, 0.3) is 105 Å².